The van der Waals surface area contributed by atoms with E-state index in [-0.39, 0.29) is 6.04 Å². The Morgan fingerprint density at radius 1 is 0.800 bits per heavy atom. The van der Waals surface area contributed by atoms with Crippen molar-refractivity contribution in [2.75, 3.05) is 5.32 Å². The van der Waals surface area contributed by atoms with Crippen LogP contribution in [0.3, 0.4) is 0 Å². The van der Waals surface area contributed by atoms with Gasteiger partial charge in [0.1, 0.15) is 23.9 Å². The van der Waals surface area contributed by atoms with Crippen LogP contribution >= 0.6 is 0 Å². The van der Waals surface area contributed by atoms with Crippen molar-refractivity contribution >= 4 is 5.69 Å². The van der Waals surface area contributed by atoms with Crippen molar-refractivity contribution in [2.45, 2.75) is 31.9 Å². The van der Waals surface area contributed by atoms with E-state index >= 15 is 0 Å². The molecule has 0 saturated heterocycles. The van der Waals surface area contributed by atoms with Gasteiger partial charge in [0, 0.05) is 11.6 Å². The summed E-state index contributed by atoms with van der Waals surface area (Å²) in [7, 11) is 0. The molecule has 0 saturated carbocycles. The van der Waals surface area contributed by atoms with Gasteiger partial charge < -0.3 is 14.8 Å². The summed E-state index contributed by atoms with van der Waals surface area (Å²) in [6.07, 6.45) is 5.75. The first-order chi connectivity index (χ1) is 17.2. The predicted octanol–water partition coefficient (Wildman–Crippen LogP) is 8.19. The van der Waals surface area contributed by atoms with E-state index in [9.17, 15) is 0 Å². The quantitative estimate of drug-likeness (QED) is 0.295. The number of nitrogens with one attached hydrogen (secondary N) is 1. The topological polar surface area (TPSA) is 30.5 Å². The minimum Gasteiger partial charge on any atom is -0.489 e. The Morgan fingerprint density at radius 2 is 1.57 bits per heavy atom. The van der Waals surface area contributed by atoms with Crippen LogP contribution in [0.15, 0.2) is 109 Å². The number of benzene rings is 4. The van der Waals surface area contributed by atoms with Gasteiger partial charge in [-0.15, -0.1) is 0 Å². The number of hydrogen-bond acceptors (Lipinski definition) is 3. The largest absolute Gasteiger partial charge is 0.489 e. The second-order valence-corrected chi connectivity index (χ2v) is 9.48. The number of anilines is 1. The van der Waals surface area contributed by atoms with Gasteiger partial charge in [-0.25, -0.2) is 0 Å². The molecule has 35 heavy (non-hydrogen) atoms. The van der Waals surface area contributed by atoms with E-state index in [1.54, 1.807) is 0 Å². The second-order valence-electron chi connectivity index (χ2n) is 9.48. The number of para-hydroxylation sites is 1. The lowest BCUT2D eigenvalue weighted by atomic mass is 9.77. The Kier molecular flexibility index (Phi) is 5.75. The lowest BCUT2D eigenvalue weighted by Crippen LogP contribution is -2.29. The average molecular weight is 460 g/mol. The Morgan fingerprint density at radius 3 is 2.37 bits per heavy atom. The lowest BCUT2D eigenvalue weighted by Gasteiger charge is -2.37. The van der Waals surface area contributed by atoms with E-state index in [0.29, 0.717) is 18.4 Å². The van der Waals surface area contributed by atoms with E-state index < -0.39 is 0 Å². The highest BCUT2D eigenvalue weighted by molar-refractivity contribution is 5.62. The molecule has 6 rings (SSSR count). The third-order valence-electron chi connectivity index (χ3n) is 7.08. The third-order valence-corrected chi connectivity index (χ3v) is 7.08. The summed E-state index contributed by atoms with van der Waals surface area (Å²) in [5.74, 6) is 3.50. The summed E-state index contributed by atoms with van der Waals surface area (Å²) in [5.41, 5.74) is 6.23. The van der Waals surface area contributed by atoms with Crippen molar-refractivity contribution in [1.82, 2.24) is 0 Å². The van der Waals surface area contributed by atoms with Gasteiger partial charge in [-0.2, -0.15) is 0 Å². The summed E-state index contributed by atoms with van der Waals surface area (Å²) in [6, 6.07) is 33.7. The molecule has 1 aliphatic carbocycles. The number of aryl methyl sites for hydroxylation is 1. The highest BCUT2D eigenvalue weighted by atomic mass is 16.5. The SMILES string of the molecule is Cc1ccc(COc2ccc([C@@H]3Nc4ccc(Oc5ccccc5)cc4[C@@H]4C=CC[C@@H]43)cc2)cc1. The number of rotatable bonds is 6. The molecule has 0 unspecified atom stereocenters. The molecule has 0 aromatic heterocycles. The standard InChI is InChI=1S/C32H29NO2/c1-22-10-12-23(13-11-22)21-34-25-16-14-24(15-17-25)32-29-9-5-8-28(29)30-20-27(18-19-31(30)33-32)35-26-6-3-2-4-7-26/h2-8,10-20,28-29,32-33H,9,21H2,1H3/t28-,29+,32+/m1/s1. The molecule has 3 nitrogen and oxygen atoms in total. The van der Waals surface area contributed by atoms with Crippen LogP contribution in [-0.4, -0.2) is 0 Å². The fourth-order valence-electron chi connectivity index (χ4n) is 5.21. The van der Waals surface area contributed by atoms with Crippen molar-refractivity contribution in [3.63, 3.8) is 0 Å². The first-order valence-electron chi connectivity index (χ1n) is 12.3. The van der Waals surface area contributed by atoms with Crippen LogP contribution in [-0.2, 0) is 6.61 Å². The minimum atomic E-state index is 0.259. The van der Waals surface area contributed by atoms with Crippen LogP contribution in [0, 0.1) is 12.8 Å². The van der Waals surface area contributed by atoms with E-state index in [0.717, 1.165) is 23.7 Å². The molecule has 0 spiro atoms. The van der Waals surface area contributed by atoms with Crippen molar-refractivity contribution < 1.29 is 9.47 Å². The summed E-state index contributed by atoms with van der Waals surface area (Å²) in [4.78, 5) is 0. The maximum Gasteiger partial charge on any atom is 0.127 e. The molecule has 0 bridgehead atoms. The zero-order valence-electron chi connectivity index (χ0n) is 19.9. The number of hydrogen-bond donors (Lipinski definition) is 1. The molecule has 2 aliphatic rings. The van der Waals surface area contributed by atoms with Gasteiger partial charge in [0.2, 0.25) is 0 Å². The fraction of sp³-hybridized carbons (Fsp3) is 0.188. The molecule has 4 aromatic carbocycles. The zero-order chi connectivity index (χ0) is 23.6. The molecule has 0 fully saturated rings. The molecular weight excluding hydrogens is 430 g/mol. The second kappa shape index (κ2) is 9.34. The Hall–Kier alpha value is -3.98. The van der Waals surface area contributed by atoms with Crippen LogP contribution in [0.25, 0.3) is 0 Å². The minimum absolute atomic E-state index is 0.259. The molecule has 3 heteroatoms. The molecule has 174 valence electrons. The van der Waals surface area contributed by atoms with Gasteiger partial charge in [0.25, 0.3) is 0 Å². The van der Waals surface area contributed by atoms with Gasteiger partial charge in [0.05, 0.1) is 6.04 Å². The van der Waals surface area contributed by atoms with Crippen molar-refractivity contribution in [3.05, 3.63) is 131 Å². The van der Waals surface area contributed by atoms with E-state index in [2.05, 4.69) is 91.1 Å². The molecule has 0 amide bonds. The molecule has 1 N–H and O–H groups in total. The fourth-order valence-corrected chi connectivity index (χ4v) is 5.21. The smallest absolute Gasteiger partial charge is 0.127 e. The average Bonchev–Trinajstić information content (AvgIpc) is 3.40. The van der Waals surface area contributed by atoms with Gasteiger partial charge >= 0.3 is 0 Å². The molecule has 1 aliphatic heterocycles. The molecule has 1 heterocycles. The summed E-state index contributed by atoms with van der Waals surface area (Å²) < 4.78 is 12.1. The van der Waals surface area contributed by atoms with Crippen molar-refractivity contribution in [3.8, 4) is 17.2 Å². The normalized spacial score (nSPS) is 20.0. The monoisotopic (exact) mass is 459 g/mol. The summed E-state index contributed by atoms with van der Waals surface area (Å²) >= 11 is 0. The van der Waals surface area contributed by atoms with Crippen LogP contribution < -0.4 is 14.8 Å². The maximum absolute atomic E-state index is 6.11. The molecular formula is C32H29NO2. The van der Waals surface area contributed by atoms with Gasteiger partial charge in [-0.3, -0.25) is 0 Å². The number of ether oxygens (including phenoxy) is 2. The van der Waals surface area contributed by atoms with Crippen molar-refractivity contribution in [1.29, 1.82) is 0 Å². The van der Waals surface area contributed by atoms with E-state index in [4.69, 9.17) is 9.47 Å². The predicted molar refractivity (Wildman–Crippen MR) is 141 cm³/mol. The number of allylic oxidation sites excluding steroid dienone is 2. The molecule has 0 radical (unpaired) electrons. The summed E-state index contributed by atoms with van der Waals surface area (Å²) in [6.45, 7) is 2.68. The molecule has 3 atom stereocenters. The highest BCUT2D eigenvalue weighted by Crippen LogP contribution is 2.50. The lowest BCUT2D eigenvalue weighted by molar-refractivity contribution is 0.306. The van der Waals surface area contributed by atoms with Crippen LogP contribution in [0.5, 0.6) is 17.2 Å². The van der Waals surface area contributed by atoms with Crippen molar-refractivity contribution in [2.24, 2.45) is 5.92 Å². The highest BCUT2D eigenvalue weighted by Gasteiger charge is 2.38. The van der Waals surface area contributed by atoms with Gasteiger partial charge in [-0.05, 0) is 78.4 Å². The van der Waals surface area contributed by atoms with Crippen LogP contribution in [0.1, 0.15) is 40.6 Å². The number of fused-ring (bicyclic) bond motifs is 3. The molecule has 4 aromatic rings. The van der Waals surface area contributed by atoms with E-state index in [1.165, 1.54) is 27.9 Å². The Balaban J connectivity index is 1.19. The van der Waals surface area contributed by atoms with Crippen LogP contribution in [0.2, 0.25) is 0 Å². The van der Waals surface area contributed by atoms with Crippen LogP contribution in [0.4, 0.5) is 5.69 Å². The van der Waals surface area contributed by atoms with Gasteiger partial charge in [-0.1, -0.05) is 72.3 Å². The van der Waals surface area contributed by atoms with Gasteiger partial charge in [0.15, 0.2) is 0 Å². The maximum atomic E-state index is 6.11. The first kappa shape index (κ1) is 21.5. The zero-order valence-corrected chi connectivity index (χ0v) is 19.9. The summed E-state index contributed by atoms with van der Waals surface area (Å²) in [5, 5.41) is 3.82. The first-order valence-corrected chi connectivity index (χ1v) is 12.3. The van der Waals surface area contributed by atoms with E-state index in [1.807, 2.05) is 30.3 Å². The Bertz CT molecular complexity index is 1330. The third kappa shape index (κ3) is 4.54. The Labute approximate surface area is 207 Å².